The highest BCUT2D eigenvalue weighted by molar-refractivity contribution is 7.99. The molecule has 186 valence electrons. The summed E-state index contributed by atoms with van der Waals surface area (Å²) in [6.45, 7) is 2.04. The third-order valence-corrected chi connectivity index (χ3v) is 6.83. The van der Waals surface area contributed by atoms with E-state index in [1.165, 1.54) is 4.57 Å². The van der Waals surface area contributed by atoms with Gasteiger partial charge >= 0.3 is 0 Å². The fraction of sp³-hybridized carbons (Fsp3) is 0.107. The fourth-order valence-electron chi connectivity index (χ4n) is 3.99. The number of H-pyrrole nitrogens is 1. The van der Waals surface area contributed by atoms with E-state index >= 15 is 0 Å². The van der Waals surface area contributed by atoms with Crippen molar-refractivity contribution in [3.63, 3.8) is 0 Å². The Balaban J connectivity index is 1.54. The number of rotatable bonds is 7. The fourth-order valence-corrected chi connectivity index (χ4v) is 4.80. The van der Waals surface area contributed by atoms with Crippen LogP contribution in [0.3, 0.4) is 0 Å². The number of aromatic amines is 1. The minimum atomic E-state index is -0.870. The summed E-state index contributed by atoms with van der Waals surface area (Å²) in [5, 5.41) is 2.76. The van der Waals surface area contributed by atoms with Crippen LogP contribution in [0.5, 0.6) is 0 Å². The standard InChI is InChI=1S/C28H22F2N4O2S/c1-2-17-8-11-20(12-9-17)34-27(36)26-25(21(15-31-26)18-6-4-3-5-7-18)33-28(34)37-16-24(35)32-23-13-10-19(29)14-22(23)30/h3-15,31H,2,16H2,1H3,(H,32,35). The number of benzene rings is 3. The lowest BCUT2D eigenvalue weighted by molar-refractivity contribution is -0.113. The topological polar surface area (TPSA) is 79.8 Å². The van der Waals surface area contributed by atoms with Crippen LogP contribution in [-0.2, 0) is 11.2 Å². The lowest BCUT2D eigenvalue weighted by atomic mass is 10.1. The summed E-state index contributed by atoms with van der Waals surface area (Å²) in [6, 6.07) is 20.1. The van der Waals surface area contributed by atoms with Crippen LogP contribution in [0.2, 0.25) is 0 Å². The largest absolute Gasteiger partial charge is 0.355 e. The Morgan fingerprint density at radius 3 is 2.51 bits per heavy atom. The molecule has 2 aromatic heterocycles. The van der Waals surface area contributed by atoms with E-state index in [1.54, 1.807) is 6.20 Å². The van der Waals surface area contributed by atoms with Gasteiger partial charge in [-0.3, -0.25) is 14.2 Å². The molecule has 0 aliphatic heterocycles. The molecule has 0 aliphatic rings. The molecule has 0 fully saturated rings. The number of hydrogen-bond donors (Lipinski definition) is 2. The number of thioether (sulfide) groups is 1. The lowest BCUT2D eigenvalue weighted by Gasteiger charge is -2.13. The zero-order chi connectivity index (χ0) is 25.9. The van der Waals surface area contributed by atoms with Crippen molar-refractivity contribution in [1.29, 1.82) is 0 Å². The molecule has 0 saturated carbocycles. The summed E-state index contributed by atoms with van der Waals surface area (Å²) < 4.78 is 28.7. The van der Waals surface area contributed by atoms with Gasteiger partial charge in [-0.05, 0) is 41.8 Å². The van der Waals surface area contributed by atoms with Crippen molar-refractivity contribution in [2.45, 2.75) is 18.5 Å². The minimum Gasteiger partial charge on any atom is -0.355 e. The zero-order valence-corrected chi connectivity index (χ0v) is 20.6. The summed E-state index contributed by atoms with van der Waals surface area (Å²) >= 11 is 1.05. The van der Waals surface area contributed by atoms with Crippen LogP contribution in [0.15, 0.2) is 88.9 Å². The van der Waals surface area contributed by atoms with E-state index in [2.05, 4.69) is 10.3 Å². The smallest absolute Gasteiger partial charge is 0.283 e. The number of aryl methyl sites for hydroxylation is 1. The summed E-state index contributed by atoms with van der Waals surface area (Å²) in [5.74, 6) is -2.27. The van der Waals surface area contributed by atoms with E-state index in [1.807, 2.05) is 61.5 Å². The maximum Gasteiger partial charge on any atom is 0.283 e. The molecule has 0 unspecified atom stereocenters. The number of fused-ring (bicyclic) bond motifs is 1. The highest BCUT2D eigenvalue weighted by Crippen LogP contribution is 2.29. The van der Waals surface area contributed by atoms with Gasteiger partial charge in [-0.1, -0.05) is 61.2 Å². The van der Waals surface area contributed by atoms with Crippen molar-refractivity contribution < 1.29 is 13.6 Å². The summed E-state index contributed by atoms with van der Waals surface area (Å²) in [5.41, 5.74) is 3.80. The first-order chi connectivity index (χ1) is 17.9. The Bertz CT molecular complexity index is 1650. The van der Waals surface area contributed by atoms with Crippen LogP contribution in [0.4, 0.5) is 14.5 Å². The van der Waals surface area contributed by atoms with E-state index in [0.717, 1.165) is 47.0 Å². The molecule has 0 spiro atoms. The molecule has 5 rings (SSSR count). The predicted octanol–water partition coefficient (Wildman–Crippen LogP) is 5.95. The number of halogens is 2. The van der Waals surface area contributed by atoms with E-state index in [0.29, 0.717) is 27.9 Å². The van der Waals surface area contributed by atoms with Gasteiger partial charge in [-0.25, -0.2) is 13.8 Å². The van der Waals surface area contributed by atoms with Crippen LogP contribution in [0.1, 0.15) is 12.5 Å². The van der Waals surface area contributed by atoms with Crippen molar-refractivity contribution in [2.75, 3.05) is 11.1 Å². The maximum atomic E-state index is 14.0. The van der Waals surface area contributed by atoms with Crippen molar-refractivity contribution in [1.82, 2.24) is 14.5 Å². The molecule has 3 aromatic carbocycles. The van der Waals surface area contributed by atoms with Crippen molar-refractivity contribution in [3.05, 3.63) is 107 Å². The molecule has 0 aliphatic carbocycles. The van der Waals surface area contributed by atoms with Gasteiger partial charge in [0.2, 0.25) is 5.91 Å². The quantitative estimate of drug-likeness (QED) is 0.207. The average Bonchev–Trinajstić information content (AvgIpc) is 3.34. The van der Waals surface area contributed by atoms with Gasteiger partial charge in [0.25, 0.3) is 5.56 Å². The summed E-state index contributed by atoms with van der Waals surface area (Å²) in [6.07, 6.45) is 2.60. The van der Waals surface area contributed by atoms with E-state index in [4.69, 9.17) is 4.98 Å². The van der Waals surface area contributed by atoms with Gasteiger partial charge in [0.1, 0.15) is 22.7 Å². The molecule has 0 saturated heterocycles. The third kappa shape index (κ3) is 5.03. The first kappa shape index (κ1) is 24.5. The maximum absolute atomic E-state index is 14.0. The van der Waals surface area contributed by atoms with Crippen molar-refractivity contribution >= 4 is 34.4 Å². The molecular formula is C28H22F2N4O2S. The number of carbonyl (C=O) groups is 1. The Kier molecular flexibility index (Phi) is 6.87. The van der Waals surface area contributed by atoms with Gasteiger partial charge < -0.3 is 10.3 Å². The van der Waals surface area contributed by atoms with Crippen LogP contribution >= 0.6 is 11.8 Å². The number of amides is 1. The minimum absolute atomic E-state index is 0.125. The first-order valence-electron chi connectivity index (χ1n) is 11.6. The molecular weight excluding hydrogens is 494 g/mol. The Morgan fingerprint density at radius 2 is 1.81 bits per heavy atom. The molecule has 2 heterocycles. The van der Waals surface area contributed by atoms with Gasteiger partial charge in [-0.2, -0.15) is 0 Å². The zero-order valence-electron chi connectivity index (χ0n) is 19.8. The normalized spacial score (nSPS) is 11.1. The molecule has 0 radical (unpaired) electrons. The molecule has 1 amide bonds. The number of nitrogens with one attached hydrogen (secondary N) is 2. The number of nitrogens with zero attached hydrogens (tertiary/aromatic N) is 2. The molecule has 2 N–H and O–H groups in total. The Hall–Kier alpha value is -4.24. The molecule has 9 heteroatoms. The van der Waals surface area contributed by atoms with Gasteiger partial charge in [0.05, 0.1) is 17.1 Å². The SMILES string of the molecule is CCc1ccc(-n2c(SCC(=O)Nc3ccc(F)cc3F)nc3c(-c4ccccc4)c[nH]c3c2=O)cc1. The van der Waals surface area contributed by atoms with Gasteiger partial charge in [0, 0.05) is 17.8 Å². The highest BCUT2D eigenvalue weighted by atomic mass is 32.2. The second-order valence-corrected chi connectivity index (χ2v) is 9.25. The van der Waals surface area contributed by atoms with Gasteiger partial charge in [0.15, 0.2) is 5.16 Å². The monoisotopic (exact) mass is 516 g/mol. The highest BCUT2D eigenvalue weighted by Gasteiger charge is 2.19. The van der Waals surface area contributed by atoms with E-state index in [-0.39, 0.29) is 17.0 Å². The van der Waals surface area contributed by atoms with Crippen LogP contribution in [0.25, 0.3) is 27.8 Å². The number of carbonyl (C=O) groups excluding carboxylic acids is 1. The van der Waals surface area contributed by atoms with Crippen LogP contribution in [-0.4, -0.2) is 26.2 Å². The number of anilines is 1. The van der Waals surface area contributed by atoms with Crippen LogP contribution in [0, 0.1) is 11.6 Å². The Labute approximate surface area is 215 Å². The molecule has 6 nitrogen and oxygen atoms in total. The third-order valence-electron chi connectivity index (χ3n) is 5.89. The Morgan fingerprint density at radius 1 is 1.05 bits per heavy atom. The molecule has 0 atom stereocenters. The lowest BCUT2D eigenvalue weighted by Crippen LogP contribution is -2.23. The molecule has 37 heavy (non-hydrogen) atoms. The van der Waals surface area contributed by atoms with Crippen molar-refractivity contribution in [2.24, 2.45) is 0 Å². The average molecular weight is 517 g/mol. The second-order valence-electron chi connectivity index (χ2n) is 8.31. The van der Waals surface area contributed by atoms with E-state index < -0.39 is 17.5 Å². The van der Waals surface area contributed by atoms with Crippen LogP contribution < -0.4 is 10.9 Å². The second kappa shape index (κ2) is 10.4. The number of hydrogen-bond acceptors (Lipinski definition) is 4. The molecule has 5 aromatic rings. The van der Waals surface area contributed by atoms with Crippen molar-refractivity contribution in [3.8, 4) is 16.8 Å². The first-order valence-corrected chi connectivity index (χ1v) is 12.6. The number of aromatic nitrogens is 3. The van der Waals surface area contributed by atoms with E-state index in [9.17, 15) is 18.4 Å². The van der Waals surface area contributed by atoms with Gasteiger partial charge in [-0.15, -0.1) is 0 Å². The summed E-state index contributed by atoms with van der Waals surface area (Å²) in [7, 11) is 0. The predicted molar refractivity (Wildman–Crippen MR) is 142 cm³/mol. The summed E-state index contributed by atoms with van der Waals surface area (Å²) in [4.78, 5) is 34.1. The molecule has 0 bridgehead atoms.